The van der Waals surface area contributed by atoms with Gasteiger partial charge in [-0.2, -0.15) is 0 Å². The van der Waals surface area contributed by atoms with E-state index in [4.69, 9.17) is 5.73 Å². The minimum Gasteiger partial charge on any atom is -0.350 e. The van der Waals surface area contributed by atoms with Gasteiger partial charge < -0.3 is 11.1 Å². The van der Waals surface area contributed by atoms with Crippen LogP contribution in [0.25, 0.3) is 0 Å². The predicted octanol–water partition coefficient (Wildman–Crippen LogP) is -1.95. The second-order valence-corrected chi connectivity index (χ2v) is 3.69. The molecule has 1 heterocycles. The number of carbonyl (C=O) groups is 1. The Morgan fingerprint density at radius 2 is 2.00 bits per heavy atom. The van der Waals surface area contributed by atoms with Gasteiger partial charge in [0.1, 0.15) is 0 Å². The maximum atomic E-state index is 11.6. The highest BCUT2D eigenvalue weighted by Crippen LogP contribution is 1.90. The maximum Gasteiger partial charge on any atom is 0.330 e. The number of rotatable bonds is 4. The number of aromatic nitrogens is 2. The molecule has 0 aliphatic carbocycles. The van der Waals surface area contributed by atoms with E-state index >= 15 is 0 Å². The van der Waals surface area contributed by atoms with E-state index in [0.717, 1.165) is 4.57 Å². The number of hydrogen-bond acceptors (Lipinski definition) is 4. The van der Waals surface area contributed by atoms with Crippen LogP contribution >= 0.6 is 0 Å². The fraction of sp³-hybridized carbons (Fsp3) is 0.500. The summed E-state index contributed by atoms with van der Waals surface area (Å²) in [5.74, 6) is -0.208. The molecule has 0 saturated carbocycles. The van der Waals surface area contributed by atoms with Crippen molar-refractivity contribution in [1.82, 2.24) is 14.5 Å². The third-order valence-electron chi connectivity index (χ3n) is 2.46. The molecule has 94 valence electrons. The van der Waals surface area contributed by atoms with E-state index < -0.39 is 11.2 Å². The van der Waals surface area contributed by atoms with E-state index in [2.05, 4.69) is 5.32 Å². The lowest BCUT2D eigenvalue weighted by Crippen LogP contribution is -2.39. The molecule has 1 rings (SSSR count). The molecule has 0 saturated heterocycles. The molecule has 1 aromatic heterocycles. The number of amides is 1. The lowest BCUT2D eigenvalue weighted by atomic mass is 10.3. The number of nitrogens with zero attached hydrogens (tertiary/aromatic N) is 2. The SMILES string of the molecule is Cn1c(CNC(=O)CCN)cc(=O)n(C)c1=O. The molecule has 1 aromatic rings. The molecular weight excluding hydrogens is 224 g/mol. The van der Waals surface area contributed by atoms with Gasteiger partial charge in [0.25, 0.3) is 5.56 Å². The highest BCUT2D eigenvalue weighted by Gasteiger charge is 2.06. The van der Waals surface area contributed by atoms with Crippen LogP contribution in [0.15, 0.2) is 15.7 Å². The fourth-order valence-electron chi connectivity index (χ4n) is 1.36. The van der Waals surface area contributed by atoms with Gasteiger partial charge in [-0.15, -0.1) is 0 Å². The van der Waals surface area contributed by atoms with Crippen LogP contribution < -0.4 is 22.3 Å². The zero-order valence-corrected chi connectivity index (χ0v) is 9.90. The quantitative estimate of drug-likeness (QED) is 0.639. The van der Waals surface area contributed by atoms with Gasteiger partial charge in [-0.3, -0.25) is 18.7 Å². The van der Waals surface area contributed by atoms with Crippen molar-refractivity contribution < 1.29 is 4.79 Å². The molecular formula is C10H16N4O3. The first-order chi connectivity index (χ1) is 7.97. The van der Waals surface area contributed by atoms with Gasteiger partial charge in [-0.25, -0.2) is 4.79 Å². The monoisotopic (exact) mass is 240 g/mol. The predicted molar refractivity (Wildman–Crippen MR) is 62.4 cm³/mol. The number of carbonyl (C=O) groups excluding carboxylic acids is 1. The van der Waals surface area contributed by atoms with Crippen LogP contribution in [0, 0.1) is 0 Å². The topological polar surface area (TPSA) is 99.1 Å². The second-order valence-electron chi connectivity index (χ2n) is 3.69. The van der Waals surface area contributed by atoms with Crippen molar-refractivity contribution in [3.8, 4) is 0 Å². The molecule has 0 bridgehead atoms. The Balaban J connectivity index is 2.90. The van der Waals surface area contributed by atoms with E-state index in [1.54, 1.807) is 7.05 Å². The summed E-state index contributed by atoms with van der Waals surface area (Å²) >= 11 is 0. The molecule has 17 heavy (non-hydrogen) atoms. The first kappa shape index (κ1) is 13.2. The molecule has 3 N–H and O–H groups in total. The summed E-state index contributed by atoms with van der Waals surface area (Å²) in [6.45, 7) is 0.405. The summed E-state index contributed by atoms with van der Waals surface area (Å²) in [4.78, 5) is 34.2. The summed E-state index contributed by atoms with van der Waals surface area (Å²) in [5.41, 5.74) is 4.88. The lowest BCUT2D eigenvalue weighted by molar-refractivity contribution is -0.121. The largest absolute Gasteiger partial charge is 0.350 e. The standard InChI is InChI=1S/C10H16N4O3/c1-13-7(6-12-8(15)3-4-11)5-9(16)14(2)10(13)17/h5H,3-4,6,11H2,1-2H3,(H,12,15). The molecule has 0 atom stereocenters. The van der Waals surface area contributed by atoms with Gasteiger partial charge in [-0.1, -0.05) is 0 Å². The fourth-order valence-corrected chi connectivity index (χ4v) is 1.36. The molecule has 0 aliphatic rings. The molecule has 0 aliphatic heterocycles. The minimum atomic E-state index is -0.416. The van der Waals surface area contributed by atoms with Crippen LogP contribution in [0.1, 0.15) is 12.1 Å². The molecule has 7 nitrogen and oxygen atoms in total. The van der Waals surface area contributed by atoms with Crippen LogP contribution in [0.5, 0.6) is 0 Å². The van der Waals surface area contributed by atoms with Crippen molar-refractivity contribution in [2.24, 2.45) is 19.8 Å². The first-order valence-corrected chi connectivity index (χ1v) is 5.20. The van der Waals surface area contributed by atoms with Crippen molar-refractivity contribution in [2.75, 3.05) is 6.54 Å². The molecule has 0 aromatic carbocycles. The Hall–Kier alpha value is -1.89. The molecule has 7 heteroatoms. The van der Waals surface area contributed by atoms with Gasteiger partial charge in [0, 0.05) is 38.8 Å². The summed E-state index contributed by atoms with van der Waals surface area (Å²) in [6.07, 6.45) is 0.221. The molecule has 0 spiro atoms. The summed E-state index contributed by atoms with van der Waals surface area (Å²) in [6, 6.07) is 1.32. The highest BCUT2D eigenvalue weighted by molar-refractivity contribution is 5.75. The zero-order valence-electron chi connectivity index (χ0n) is 9.90. The summed E-state index contributed by atoms with van der Waals surface area (Å²) < 4.78 is 2.33. The Morgan fingerprint density at radius 3 is 2.59 bits per heavy atom. The first-order valence-electron chi connectivity index (χ1n) is 5.20. The Labute approximate surface area is 97.9 Å². The normalized spacial score (nSPS) is 10.3. The van der Waals surface area contributed by atoms with Gasteiger partial charge in [0.2, 0.25) is 5.91 Å². The average molecular weight is 240 g/mol. The van der Waals surface area contributed by atoms with E-state index in [1.165, 1.54) is 17.7 Å². The summed E-state index contributed by atoms with van der Waals surface area (Å²) in [5, 5.41) is 2.59. The Kier molecular flexibility index (Phi) is 4.22. The van der Waals surface area contributed by atoms with Crippen molar-refractivity contribution in [3.63, 3.8) is 0 Å². The molecule has 0 fully saturated rings. The van der Waals surface area contributed by atoms with E-state index in [0.29, 0.717) is 5.69 Å². The van der Waals surface area contributed by atoms with Crippen LogP contribution in [0.4, 0.5) is 0 Å². The van der Waals surface area contributed by atoms with Crippen molar-refractivity contribution in [1.29, 1.82) is 0 Å². The van der Waals surface area contributed by atoms with Gasteiger partial charge in [0.05, 0.1) is 6.54 Å². The number of hydrogen-bond donors (Lipinski definition) is 2. The third-order valence-corrected chi connectivity index (χ3v) is 2.46. The highest BCUT2D eigenvalue weighted by atomic mass is 16.2. The van der Waals surface area contributed by atoms with Gasteiger partial charge >= 0.3 is 5.69 Å². The molecule has 0 radical (unpaired) electrons. The third kappa shape index (κ3) is 3.04. The second kappa shape index (κ2) is 5.44. The lowest BCUT2D eigenvalue weighted by Gasteiger charge is -2.10. The Morgan fingerprint density at radius 1 is 1.35 bits per heavy atom. The van der Waals surface area contributed by atoms with Crippen LogP contribution in [0.3, 0.4) is 0 Å². The summed E-state index contributed by atoms with van der Waals surface area (Å²) in [7, 11) is 2.95. The Bertz CT molecular complexity index is 529. The van der Waals surface area contributed by atoms with Crippen molar-refractivity contribution >= 4 is 5.91 Å². The average Bonchev–Trinajstić information content (AvgIpc) is 2.30. The smallest absolute Gasteiger partial charge is 0.330 e. The van der Waals surface area contributed by atoms with Crippen molar-refractivity contribution in [3.05, 3.63) is 32.6 Å². The van der Waals surface area contributed by atoms with E-state index in [9.17, 15) is 14.4 Å². The van der Waals surface area contributed by atoms with Gasteiger partial charge in [-0.05, 0) is 0 Å². The van der Waals surface area contributed by atoms with Gasteiger partial charge in [0.15, 0.2) is 0 Å². The minimum absolute atomic E-state index is 0.140. The van der Waals surface area contributed by atoms with E-state index in [1.807, 2.05) is 0 Å². The van der Waals surface area contributed by atoms with Crippen LogP contribution in [0.2, 0.25) is 0 Å². The van der Waals surface area contributed by atoms with Crippen molar-refractivity contribution in [2.45, 2.75) is 13.0 Å². The maximum absolute atomic E-state index is 11.6. The number of nitrogens with one attached hydrogen (secondary N) is 1. The molecule has 1 amide bonds. The van der Waals surface area contributed by atoms with Crippen LogP contribution in [-0.4, -0.2) is 21.6 Å². The van der Waals surface area contributed by atoms with Crippen LogP contribution in [-0.2, 0) is 25.4 Å². The van der Waals surface area contributed by atoms with E-state index in [-0.39, 0.29) is 25.4 Å². The molecule has 0 unspecified atom stereocenters. The zero-order chi connectivity index (χ0) is 13.0. The number of nitrogens with two attached hydrogens (primary N) is 1.